The quantitative estimate of drug-likeness (QED) is 0.864. The van der Waals surface area contributed by atoms with E-state index in [-0.39, 0.29) is 6.10 Å². The molecule has 1 heterocycles. The first kappa shape index (κ1) is 13.3. The van der Waals surface area contributed by atoms with E-state index in [4.69, 9.17) is 0 Å². The largest absolute Gasteiger partial charge is 0.393 e. The number of benzene rings is 1. The lowest BCUT2D eigenvalue weighted by atomic mass is 9.99. The van der Waals surface area contributed by atoms with Crippen molar-refractivity contribution in [3.8, 4) is 0 Å². The molecule has 1 atom stereocenters. The van der Waals surface area contributed by atoms with Gasteiger partial charge in [-0.3, -0.25) is 0 Å². The minimum absolute atomic E-state index is 0.244. The number of thiophene rings is 1. The second kappa shape index (κ2) is 6.17. The molecule has 0 amide bonds. The lowest BCUT2D eigenvalue weighted by Gasteiger charge is -2.11. The van der Waals surface area contributed by atoms with E-state index in [0.29, 0.717) is 0 Å². The minimum Gasteiger partial charge on any atom is -0.393 e. The summed E-state index contributed by atoms with van der Waals surface area (Å²) < 4.78 is 0. The van der Waals surface area contributed by atoms with Gasteiger partial charge in [0.05, 0.1) is 6.10 Å². The highest BCUT2D eigenvalue weighted by Gasteiger charge is 2.07. The van der Waals surface area contributed by atoms with Crippen molar-refractivity contribution in [3.05, 3.63) is 57.3 Å². The van der Waals surface area contributed by atoms with Crippen LogP contribution in [0.5, 0.6) is 0 Å². The number of aliphatic hydroxyl groups excluding tert-OH is 1. The van der Waals surface area contributed by atoms with Crippen molar-refractivity contribution in [1.29, 1.82) is 0 Å². The molecule has 0 radical (unpaired) electrons. The van der Waals surface area contributed by atoms with Gasteiger partial charge in [-0.1, -0.05) is 29.3 Å². The van der Waals surface area contributed by atoms with Gasteiger partial charge in [-0.2, -0.15) is 11.3 Å². The monoisotopic (exact) mass is 260 g/mol. The van der Waals surface area contributed by atoms with Crippen molar-refractivity contribution >= 4 is 11.3 Å². The number of hydrogen-bond acceptors (Lipinski definition) is 2. The maximum Gasteiger partial charge on any atom is 0.0583 e. The highest BCUT2D eigenvalue weighted by molar-refractivity contribution is 7.07. The van der Waals surface area contributed by atoms with Crippen LogP contribution in [0.4, 0.5) is 0 Å². The van der Waals surface area contributed by atoms with Crippen molar-refractivity contribution < 1.29 is 5.11 Å². The normalized spacial score (nSPS) is 12.6. The van der Waals surface area contributed by atoms with Gasteiger partial charge in [0, 0.05) is 0 Å². The molecule has 0 saturated heterocycles. The molecule has 1 nitrogen and oxygen atoms in total. The van der Waals surface area contributed by atoms with Gasteiger partial charge in [-0.15, -0.1) is 0 Å². The smallest absolute Gasteiger partial charge is 0.0583 e. The first-order valence-electron chi connectivity index (χ1n) is 6.40. The Kier molecular flexibility index (Phi) is 4.56. The van der Waals surface area contributed by atoms with Crippen molar-refractivity contribution in [2.45, 2.75) is 39.2 Å². The van der Waals surface area contributed by atoms with E-state index in [2.05, 4.69) is 48.9 Å². The molecule has 0 saturated carbocycles. The van der Waals surface area contributed by atoms with Crippen LogP contribution in [0.15, 0.2) is 35.0 Å². The van der Waals surface area contributed by atoms with Crippen LogP contribution in [-0.2, 0) is 12.8 Å². The standard InChI is InChI=1S/C16H20OS/c1-12-7-13(2)9-15(8-12)10-16(17)4-3-14-5-6-18-11-14/h5-9,11,16-17H,3-4,10H2,1-2H3. The van der Waals surface area contributed by atoms with Crippen molar-refractivity contribution in [1.82, 2.24) is 0 Å². The summed E-state index contributed by atoms with van der Waals surface area (Å²) in [6.07, 6.45) is 2.32. The summed E-state index contributed by atoms with van der Waals surface area (Å²) in [7, 11) is 0. The van der Waals surface area contributed by atoms with Crippen molar-refractivity contribution in [2.24, 2.45) is 0 Å². The van der Waals surface area contributed by atoms with E-state index >= 15 is 0 Å². The van der Waals surface area contributed by atoms with Crippen molar-refractivity contribution in [3.63, 3.8) is 0 Å². The van der Waals surface area contributed by atoms with Gasteiger partial charge in [0.1, 0.15) is 0 Å². The van der Waals surface area contributed by atoms with E-state index in [1.165, 1.54) is 22.3 Å². The average Bonchev–Trinajstić information content (AvgIpc) is 2.77. The molecule has 0 fully saturated rings. The van der Waals surface area contributed by atoms with Crippen LogP contribution < -0.4 is 0 Å². The molecule has 2 aromatic rings. The molecule has 1 aromatic carbocycles. The summed E-state index contributed by atoms with van der Waals surface area (Å²) in [5.74, 6) is 0. The predicted octanol–water partition coefficient (Wildman–Crippen LogP) is 3.90. The lowest BCUT2D eigenvalue weighted by Crippen LogP contribution is -2.11. The summed E-state index contributed by atoms with van der Waals surface area (Å²) in [5.41, 5.74) is 5.12. The molecule has 2 heteroatoms. The molecule has 18 heavy (non-hydrogen) atoms. The van der Waals surface area contributed by atoms with Crippen LogP contribution in [0.25, 0.3) is 0 Å². The van der Waals surface area contributed by atoms with Gasteiger partial charge in [0.25, 0.3) is 0 Å². The van der Waals surface area contributed by atoms with E-state index in [1.807, 2.05) is 0 Å². The molecule has 1 aromatic heterocycles. The fourth-order valence-corrected chi connectivity index (χ4v) is 3.03. The van der Waals surface area contributed by atoms with Crippen LogP contribution in [-0.4, -0.2) is 11.2 Å². The van der Waals surface area contributed by atoms with E-state index in [9.17, 15) is 5.11 Å². The van der Waals surface area contributed by atoms with E-state index in [0.717, 1.165) is 19.3 Å². The van der Waals surface area contributed by atoms with Crippen LogP contribution in [0.1, 0.15) is 28.7 Å². The highest BCUT2D eigenvalue weighted by Crippen LogP contribution is 2.14. The SMILES string of the molecule is Cc1cc(C)cc(CC(O)CCc2ccsc2)c1. The first-order chi connectivity index (χ1) is 8.63. The Morgan fingerprint density at radius 3 is 2.44 bits per heavy atom. The predicted molar refractivity (Wildman–Crippen MR) is 78.3 cm³/mol. The zero-order valence-corrected chi connectivity index (χ0v) is 11.8. The molecule has 0 aliphatic carbocycles. The van der Waals surface area contributed by atoms with Gasteiger partial charge < -0.3 is 5.11 Å². The molecule has 96 valence electrons. The van der Waals surface area contributed by atoms with Gasteiger partial charge in [0.15, 0.2) is 0 Å². The van der Waals surface area contributed by atoms with Gasteiger partial charge in [0.2, 0.25) is 0 Å². The van der Waals surface area contributed by atoms with Crippen LogP contribution in [0.3, 0.4) is 0 Å². The van der Waals surface area contributed by atoms with Gasteiger partial charge in [-0.25, -0.2) is 0 Å². The molecule has 0 spiro atoms. The van der Waals surface area contributed by atoms with Crippen molar-refractivity contribution in [2.75, 3.05) is 0 Å². The number of rotatable bonds is 5. The molecular formula is C16H20OS. The molecule has 0 aliphatic heterocycles. The highest BCUT2D eigenvalue weighted by atomic mass is 32.1. The second-order valence-electron chi connectivity index (χ2n) is 5.02. The zero-order chi connectivity index (χ0) is 13.0. The molecule has 1 unspecified atom stereocenters. The second-order valence-corrected chi connectivity index (χ2v) is 5.80. The first-order valence-corrected chi connectivity index (χ1v) is 7.34. The maximum atomic E-state index is 10.1. The summed E-state index contributed by atoms with van der Waals surface area (Å²) in [6, 6.07) is 8.64. The third-order valence-corrected chi connectivity index (χ3v) is 3.83. The molecule has 0 bridgehead atoms. The number of aliphatic hydroxyl groups is 1. The third kappa shape index (κ3) is 3.97. The Morgan fingerprint density at radius 1 is 1.11 bits per heavy atom. The Labute approximate surface area is 113 Å². The number of aryl methyl sites for hydroxylation is 3. The van der Waals surface area contributed by atoms with E-state index in [1.54, 1.807) is 11.3 Å². The summed E-state index contributed by atoms with van der Waals surface area (Å²) in [4.78, 5) is 0. The van der Waals surface area contributed by atoms with E-state index < -0.39 is 0 Å². The Bertz CT molecular complexity index is 468. The molecular weight excluding hydrogens is 240 g/mol. The minimum atomic E-state index is -0.244. The summed E-state index contributed by atoms with van der Waals surface area (Å²) in [5, 5.41) is 14.3. The Hall–Kier alpha value is -1.12. The Morgan fingerprint density at radius 2 is 1.83 bits per heavy atom. The molecule has 1 N–H and O–H groups in total. The van der Waals surface area contributed by atoms with Crippen LogP contribution in [0.2, 0.25) is 0 Å². The van der Waals surface area contributed by atoms with Crippen LogP contribution >= 0.6 is 11.3 Å². The third-order valence-electron chi connectivity index (χ3n) is 3.10. The summed E-state index contributed by atoms with van der Waals surface area (Å²) in [6.45, 7) is 4.21. The zero-order valence-electron chi connectivity index (χ0n) is 11.0. The fourth-order valence-electron chi connectivity index (χ4n) is 2.33. The Balaban J connectivity index is 1.88. The van der Waals surface area contributed by atoms with Gasteiger partial charge in [-0.05, 0) is 61.1 Å². The van der Waals surface area contributed by atoms with Crippen LogP contribution in [0, 0.1) is 13.8 Å². The maximum absolute atomic E-state index is 10.1. The summed E-state index contributed by atoms with van der Waals surface area (Å²) >= 11 is 1.72. The topological polar surface area (TPSA) is 20.2 Å². The number of hydrogen-bond donors (Lipinski definition) is 1. The van der Waals surface area contributed by atoms with Gasteiger partial charge >= 0.3 is 0 Å². The molecule has 0 aliphatic rings. The average molecular weight is 260 g/mol. The lowest BCUT2D eigenvalue weighted by molar-refractivity contribution is 0.165. The molecule has 2 rings (SSSR count). The fraction of sp³-hybridized carbons (Fsp3) is 0.375.